The first-order chi connectivity index (χ1) is 11.4. The summed E-state index contributed by atoms with van der Waals surface area (Å²) < 4.78 is 11.8. The normalized spacial score (nSPS) is 23.5. The van der Waals surface area contributed by atoms with Gasteiger partial charge in [-0.2, -0.15) is 0 Å². The first-order valence-electron chi connectivity index (χ1n) is 7.89. The van der Waals surface area contributed by atoms with Crippen LogP contribution in [0.15, 0.2) is 23.1 Å². The quantitative estimate of drug-likeness (QED) is 0.794. The van der Waals surface area contributed by atoms with Crippen LogP contribution in [0.3, 0.4) is 0 Å². The van der Waals surface area contributed by atoms with E-state index < -0.39 is 5.60 Å². The van der Waals surface area contributed by atoms with Crippen molar-refractivity contribution in [2.45, 2.75) is 25.0 Å². The van der Waals surface area contributed by atoms with Crippen LogP contribution >= 0.6 is 0 Å². The van der Waals surface area contributed by atoms with Gasteiger partial charge in [-0.15, -0.1) is 0 Å². The predicted octanol–water partition coefficient (Wildman–Crippen LogP) is 0.300. The summed E-state index contributed by atoms with van der Waals surface area (Å²) in [5.74, 6) is 0.0294. The number of rotatable bonds is 3. The molecule has 0 bridgehead atoms. The summed E-state index contributed by atoms with van der Waals surface area (Å²) in [7, 11) is 3.11. The Hall–Kier alpha value is -2.51. The fourth-order valence-corrected chi connectivity index (χ4v) is 3.36. The molecule has 1 atom stereocenters. The number of hydrogen-bond acceptors (Lipinski definition) is 5. The molecule has 8 heteroatoms. The standard InChI is InChI=1S/C16H21N3O5/c1-17-10-16(24-15(17)22)6-4-8-19(11-16)13(20)9-18-7-3-5-12(23-2)14(18)21/h3,5,7H,4,6,8-11H2,1-2H3. The molecule has 0 aromatic carbocycles. The average Bonchev–Trinajstić information content (AvgIpc) is 2.82. The Kier molecular flexibility index (Phi) is 4.21. The van der Waals surface area contributed by atoms with Crippen LogP contribution in [0, 0.1) is 0 Å². The largest absolute Gasteiger partial charge is 0.491 e. The molecule has 3 heterocycles. The number of piperidine rings is 1. The van der Waals surface area contributed by atoms with E-state index in [0.29, 0.717) is 19.6 Å². The van der Waals surface area contributed by atoms with E-state index in [1.54, 1.807) is 30.3 Å². The van der Waals surface area contributed by atoms with Crippen LogP contribution in [-0.4, -0.2) is 65.8 Å². The molecule has 1 spiro atoms. The van der Waals surface area contributed by atoms with Crippen molar-refractivity contribution in [1.82, 2.24) is 14.4 Å². The number of likely N-dealkylation sites (tertiary alicyclic amines) is 1. The molecule has 2 saturated heterocycles. The van der Waals surface area contributed by atoms with Gasteiger partial charge in [-0.1, -0.05) is 0 Å². The lowest BCUT2D eigenvalue weighted by atomic mass is 9.92. The Labute approximate surface area is 139 Å². The third-order valence-electron chi connectivity index (χ3n) is 4.54. The number of carbonyl (C=O) groups excluding carboxylic acids is 2. The number of aromatic nitrogens is 1. The summed E-state index contributed by atoms with van der Waals surface area (Å²) >= 11 is 0. The third-order valence-corrected chi connectivity index (χ3v) is 4.54. The van der Waals surface area contributed by atoms with Gasteiger partial charge in [0.1, 0.15) is 12.1 Å². The fraction of sp³-hybridized carbons (Fsp3) is 0.562. The van der Waals surface area contributed by atoms with Crippen molar-refractivity contribution in [2.75, 3.05) is 33.8 Å². The maximum atomic E-state index is 12.6. The van der Waals surface area contributed by atoms with Gasteiger partial charge < -0.3 is 23.8 Å². The summed E-state index contributed by atoms with van der Waals surface area (Å²) in [4.78, 5) is 39.6. The maximum Gasteiger partial charge on any atom is 0.410 e. The summed E-state index contributed by atoms with van der Waals surface area (Å²) in [6, 6.07) is 3.23. The second-order valence-corrected chi connectivity index (χ2v) is 6.34. The second kappa shape index (κ2) is 6.18. The smallest absolute Gasteiger partial charge is 0.410 e. The molecule has 0 aliphatic carbocycles. The molecule has 1 unspecified atom stereocenters. The van der Waals surface area contributed by atoms with Gasteiger partial charge in [-0.05, 0) is 25.0 Å². The summed E-state index contributed by atoms with van der Waals surface area (Å²) in [5.41, 5.74) is -0.967. The molecule has 130 valence electrons. The Morgan fingerprint density at radius 3 is 2.83 bits per heavy atom. The highest BCUT2D eigenvalue weighted by atomic mass is 16.6. The van der Waals surface area contributed by atoms with Crippen LogP contribution in [0.25, 0.3) is 0 Å². The molecular weight excluding hydrogens is 314 g/mol. The number of ether oxygens (including phenoxy) is 2. The Morgan fingerprint density at radius 2 is 2.17 bits per heavy atom. The molecule has 0 radical (unpaired) electrons. The SMILES string of the molecule is COc1cccn(CC(=O)N2CCCC3(CN(C)C(=O)O3)C2)c1=O. The monoisotopic (exact) mass is 335 g/mol. The van der Waals surface area contributed by atoms with E-state index in [2.05, 4.69) is 0 Å². The van der Waals surface area contributed by atoms with Gasteiger partial charge >= 0.3 is 6.09 Å². The van der Waals surface area contributed by atoms with Crippen LogP contribution in [0.1, 0.15) is 12.8 Å². The third kappa shape index (κ3) is 2.95. The highest BCUT2D eigenvalue weighted by Gasteiger charge is 2.47. The Bertz CT molecular complexity index is 716. The lowest BCUT2D eigenvalue weighted by molar-refractivity contribution is -0.137. The maximum absolute atomic E-state index is 12.6. The van der Waals surface area contributed by atoms with E-state index in [0.717, 1.165) is 12.8 Å². The molecule has 24 heavy (non-hydrogen) atoms. The first kappa shape index (κ1) is 16.4. The van der Waals surface area contributed by atoms with Gasteiger partial charge in [0.25, 0.3) is 5.56 Å². The average molecular weight is 335 g/mol. The number of amides is 2. The van der Waals surface area contributed by atoms with Crippen molar-refractivity contribution in [3.63, 3.8) is 0 Å². The van der Waals surface area contributed by atoms with Crippen molar-refractivity contribution in [3.05, 3.63) is 28.7 Å². The molecule has 8 nitrogen and oxygen atoms in total. The van der Waals surface area contributed by atoms with Gasteiger partial charge in [-0.3, -0.25) is 9.59 Å². The van der Waals surface area contributed by atoms with Gasteiger partial charge in [0.15, 0.2) is 5.75 Å². The Morgan fingerprint density at radius 1 is 1.38 bits per heavy atom. The van der Waals surface area contributed by atoms with Crippen LogP contribution < -0.4 is 10.3 Å². The minimum Gasteiger partial charge on any atom is -0.491 e. The number of nitrogens with zero attached hydrogens (tertiary/aromatic N) is 3. The van der Waals surface area contributed by atoms with Crippen molar-refractivity contribution in [1.29, 1.82) is 0 Å². The van der Waals surface area contributed by atoms with Crippen LogP contribution in [0.4, 0.5) is 4.79 Å². The van der Waals surface area contributed by atoms with E-state index in [1.807, 2.05) is 0 Å². The molecule has 2 aliphatic rings. The number of hydrogen-bond donors (Lipinski definition) is 0. The zero-order valence-corrected chi connectivity index (χ0v) is 13.9. The summed E-state index contributed by atoms with van der Waals surface area (Å²) in [6.07, 6.45) is 2.71. The van der Waals surface area contributed by atoms with E-state index in [9.17, 15) is 14.4 Å². The van der Waals surface area contributed by atoms with Crippen molar-refractivity contribution in [3.8, 4) is 5.75 Å². The topological polar surface area (TPSA) is 81.1 Å². The minimum absolute atomic E-state index is 0.0596. The Balaban J connectivity index is 1.72. The highest BCUT2D eigenvalue weighted by Crippen LogP contribution is 2.31. The van der Waals surface area contributed by atoms with Gasteiger partial charge in [-0.25, -0.2) is 4.79 Å². The second-order valence-electron chi connectivity index (χ2n) is 6.34. The lowest BCUT2D eigenvalue weighted by Gasteiger charge is -2.38. The van der Waals surface area contributed by atoms with Gasteiger partial charge in [0.05, 0.1) is 20.2 Å². The number of likely N-dealkylation sites (N-methyl/N-ethyl adjacent to an activating group) is 1. The molecule has 1 aromatic heterocycles. The summed E-state index contributed by atoms with van der Waals surface area (Å²) in [5, 5.41) is 0. The summed E-state index contributed by atoms with van der Waals surface area (Å²) in [6.45, 7) is 1.38. The zero-order chi connectivity index (χ0) is 17.3. The molecule has 1 aromatic rings. The van der Waals surface area contributed by atoms with Gasteiger partial charge in [0, 0.05) is 19.8 Å². The van der Waals surface area contributed by atoms with Crippen molar-refractivity contribution >= 4 is 12.0 Å². The van der Waals surface area contributed by atoms with E-state index in [-0.39, 0.29) is 29.9 Å². The van der Waals surface area contributed by atoms with Gasteiger partial charge in [0.2, 0.25) is 5.91 Å². The van der Waals surface area contributed by atoms with E-state index >= 15 is 0 Å². The molecule has 2 amide bonds. The van der Waals surface area contributed by atoms with Crippen LogP contribution in [-0.2, 0) is 16.1 Å². The number of pyridine rings is 1. The highest BCUT2D eigenvalue weighted by molar-refractivity contribution is 5.77. The molecule has 0 N–H and O–H groups in total. The first-order valence-corrected chi connectivity index (χ1v) is 7.89. The minimum atomic E-state index is -0.626. The van der Waals surface area contributed by atoms with Crippen LogP contribution in [0.5, 0.6) is 5.75 Å². The molecule has 0 saturated carbocycles. The van der Waals surface area contributed by atoms with E-state index in [1.165, 1.54) is 16.6 Å². The molecule has 3 rings (SSSR count). The van der Waals surface area contributed by atoms with Crippen molar-refractivity contribution in [2.24, 2.45) is 0 Å². The molecule has 2 fully saturated rings. The number of carbonyl (C=O) groups is 2. The van der Waals surface area contributed by atoms with Crippen LogP contribution in [0.2, 0.25) is 0 Å². The number of methoxy groups -OCH3 is 1. The lowest BCUT2D eigenvalue weighted by Crippen LogP contribution is -2.53. The molecule has 2 aliphatic heterocycles. The van der Waals surface area contributed by atoms with Crippen molar-refractivity contribution < 1.29 is 19.1 Å². The zero-order valence-electron chi connectivity index (χ0n) is 13.9. The molecular formula is C16H21N3O5. The predicted molar refractivity (Wildman–Crippen MR) is 84.9 cm³/mol. The van der Waals surface area contributed by atoms with E-state index in [4.69, 9.17) is 9.47 Å². The fourth-order valence-electron chi connectivity index (χ4n) is 3.36.